The van der Waals surface area contributed by atoms with Crippen molar-refractivity contribution in [3.8, 4) is 0 Å². The molecule has 0 amide bonds. The predicted octanol–water partition coefficient (Wildman–Crippen LogP) is 8.99. The van der Waals surface area contributed by atoms with Gasteiger partial charge >= 0.3 is 0 Å². The zero-order chi connectivity index (χ0) is 33.3. The van der Waals surface area contributed by atoms with Crippen LogP contribution in [0.4, 0.5) is 0 Å². The summed E-state index contributed by atoms with van der Waals surface area (Å²) in [5, 5.41) is 20.1. The summed E-state index contributed by atoms with van der Waals surface area (Å²) in [5.74, 6) is -0.100. The van der Waals surface area contributed by atoms with Crippen molar-refractivity contribution in [2.24, 2.45) is 16.2 Å². The molecule has 4 heteroatoms. The van der Waals surface area contributed by atoms with Gasteiger partial charge in [0.25, 0.3) is 0 Å². The largest absolute Gasteiger partial charge is 0.393 e. The number of aliphatic hydroxyl groups excluding tert-OH is 2. The first-order valence-corrected chi connectivity index (χ1v) is 15.6. The Bertz CT molecular complexity index is 1390. The maximum Gasteiger partial charge on any atom is 0.187 e. The highest BCUT2D eigenvalue weighted by atomic mass is 16.3. The monoisotopic (exact) mass is 598 g/mol. The third kappa shape index (κ3) is 10.1. The molecule has 1 saturated carbocycles. The molecule has 0 spiro atoms. The van der Waals surface area contributed by atoms with Crippen LogP contribution in [0.2, 0.25) is 0 Å². The second-order valence-electron chi connectivity index (χ2n) is 14.1. The van der Waals surface area contributed by atoms with E-state index in [1.54, 1.807) is 13.0 Å². The molecule has 44 heavy (non-hydrogen) atoms. The summed E-state index contributed by atoms with van der Waals surface area (Å²) < 4.78 is 0. The zero-order valence-corrected chi connectivity index (χ0v) is 28.6. The minimum atomic E-state index is -0.907. The summed E-state index contributed by atoms with van der Waals surface area (Å²) in [4.78, 5) is 25.2. The highest BCUT2D eigenvalue weighted by Crippen LogP contribution is 2.53. The van der Waals surface area contributed by atoms with Crippen LogP contribution in [0.25, 0.3) is 0 Å². The average Bonchev–Trinajstić information content (AvgIpc) is 3.14. The van der Waals surface area contributed by atoms with Gasteiger partial charge in [-0.15, -0.1) is 0 Å². The maximum absolute atomic E-state index is 12.9. The average molecular weight is 599 g/mol. The summed E-state index contributed by atoms with van der Waals surface area (Å²) in [6, 6.07) is 0. The molecule has 0 aromatic rings. The van der Waals surface area contributed by atoms with Gasteiger partial charge in [-0.25, -0.2) is 0 Å². The van der Waals surface area contributed by atoms with Crippen molar-refractivity contribution in [3.63, 3.8) is 0 Å². The van der Waals surface area contributed by atoms with E-state index in [4.69, 9.17) is 0 Å². The van der Waals surface area contributed by atoms with Crippen LogP contribution in [0, 0.1) is 16.2 Å². The van der Waals surface area contributed by atoms with Crippen LogP contribution in [-0.2, 0) is 9.59 Å². The summed E-state index contributed by atoms with van der Waals surface area (Å²) in [7, 11) is 0. The van der Waals surface area contributed by atoms with Crippen molar-refractivity contribution >= 4 is 11.6 Å². The Morgan fingerprint density at radius 1 is 0.682 bits per heavy atom. The van der Waals surface area contributed by atoms with Crippen LogP contribution >= 0.6 is 0 Å². The van der Waals surface area contributed by atoms with Crippen molar-refractivity contribution in [2.45, 2.75) is 101 Å². The van der Waals surface area contributed by atoms with Gasteiger partial charge in [0.2, 0.25) is 0 Å². The molecule has 0 heterocycles. The third-order valence-corrected chi connectivity index (χ3v) is 9.21. The van der Waals surface area contributed by atoms with E-state index in [-0.39, 0.29) is 22.4 Å². The number of hydrogen-bond acceptors (Lipinski definition) is 4. The van der Waals surface area contributed by atoms with E-state index in [1.807, 2.05) is 101 Å². The molecular weight excluding hydrogens is 544 g/mol. The Kier molecular flexibility index (Phi) is 13.1. The molecule has 0 unspecified atom stereocenters. The van der Waals surface area contributed by atoms with E-state index >= 15 is 0 Å². The maximum atomic E-state index is 12.9. The molecule has 0 aromatic heterocycles. The predicted molar refractivity (Wildman–Crippen MR) is 185 cm³/mol. The molecule has 2 rings (SSSR count). The van der Waals surface area contributed by atoms with E-state index in [0.29, 0.717) is 24.8 Å². The molecule has 3 atom stereocenters. The molecule has 2 aliphatic rings. The number of aliphatic hydroxyl groups is 2. The van der Waals surface area contributed by atoms with Gasteiger partial charge < -0.3 is 10.2 Å². The van der Waals surface area contributed by atoms with Gasteiger partial charge in [0.1, 0.15) is 6.10 Å². The molecule has 2 aliphatic carbocycles. The number of Topliss-reactive ketones (excluding diaryl/α,β-unsaturated/α-hetero) is 1. The van der Waals surface area contributed by atoms with Crippen LogP contribution < -0.4 is 0 Å². The van der Waals surface area contributed by atoms with E-state index < -0.39 is 17.6 Å². The molecule has 2 N–H and O–H groups in total. The van der Waals surface area contributed by atoms with Crippen LogP contribution in [-0.4, -0.2) is 34.0 Å². The molecule has 0 bridgehead atoms. The number of allylic oxidation sites excluding steroid dienone is 19. The second-order valence-corrected chi connectivity index (χ2v) is 14.1. The fourth-order valence-electron chi connectivity index (χ4n) is 5.94. The Balaban J connectivity index is 1.91. The minimum Gasteiger partial charge on any atom is -0.393 e. The normalized spacial score (nSPS) is 27.4. The van der Waals surface area contributed by atoms with Gasteiger partial charge in [-0.3, -0.25) is 9.59 Å². The number of hydrogen-bond donors (Lipinski definition) is 2. The molecule has 4 nitrogen and oxygen atoms in total. The lowest BCUT2D eigenvalue weighted by Crippen LogP contribution is -2.36. The Hall–Kier alpha value is -3.34. The van der Waals surface area contributed by atoms with Crippen molar-refractivity contribution in [2.75, 3.05) is 0 Å². The molecule has 1 fully saturated rings. The number of ketones is 2. The lowest BCUT2D eigenvalue weighted by atomic mass is 9.66. The first-order valence-electron chi connectivity index (χ1n) is 15.6. The second kappa shape index (κ2) is 15.6. The fourth-order valence-corrected chi connectivity index (χ4v) is 5.94. The van der Waals surface area contributed by atoms with Crippen molar-refractivity contribution < 1.29 is 19.8 Å². The third-order valence-electron chi connectivity index (χ3n) is 9.21. The van der Waals surface area contributed by atoms with Crippen molar-refractivity contribution in [3.05, 3.63) is 119 Å². The lowest BCUT2D eigenvalue weighted by Gasteiger charge is -2.35. The van der Waals surface area contributed by atoms with E-state index in [9.17, 15) is 19.8 Å². The molecule has 0 saturated heterocycles. The first kappa shape index (κ1) is 36.8. The van der Waals surface area contributed by atoms with Gasteiger partial charge in [0, 0.05) is 5.41 Å². The summed E-state index contributed by atoms with van der Waals surface area (Å²) in [6.07, 6.45) is 28.0. The van der Waals surface area contributed by atoms with E-state index in [1.165, 1.54) is 0 Å². The van der Waals surface area contributed by atoms with Crippen LogP contribution in [0.1, 0.15) is 88.5 Å². The van der Waals surface area contributed by atoms with Crippen LogP contribution in [0.15, 0.2) is 119 Å². The molecule has 0 aromatic carbocycles. The quantitative estimate of drug-likeness (QED) is 0.184. The molecule has 0 aliphatic heterocycles. The fraction of sp³-hybridized carbons (Fsp3) is 0.450. The Labute approximate surface area is 266 Å². The summed E-state index contributed by atoms with van der Waals surface area (Å²) >= 11 is 0. The molecule has 238 valence electrons. The number of carbonyl (C=O) groups is 2. The highest BCUT2D eigenvalue weighted by molar-refractivity contribution is 6.00. The molecular formula is C40H54O4. The zero-order valence-electron chi connectivity index (χ0n) is 28.6. The number of carbonyl (C=O) groups excluding carboxylic acids is 2. The number of rotatable bonds is 11. The van der Waals surface area contributed by atoms with Gasteiger partial charge in [-0.05, 0) is 81.9 Å². The standard InChI is InChI=1S/C40H54O4/c1-28(17-13-19-30(3)21-23-34-32(5)37(44)35(42)27-38(34,6)7)15-11-12-16-29(2)18-14-20-31(4)22-24-36(43)40(10)26-33(41)25-39(40,8)9/h11-24,33,35,41-42H,25-27H2,1-10H3/b12-11+,17-13+,18-14+,23-21+,24-22+,28-15+,29-16+,30-19+,31-20+/t33-,35-,40-/m0/s1. The SMILES string of the molecule is CC1=C(/C=C/C(C)=C/C=C/C(C)=C/C=C/C=C(C)/C=C/C=C(C)/C=C/C(=O)[C@]2(C)C[C@@H](O)CC2(C)C)C(C)(C)C[C@H](O)C1=O. The Morgan fingerprint density at radius 3 is 1.66 bits per heavy atom. The highest BCUT2D eigenvalue weighted by Gasteiger charge is 2.52. The van der Waals surface area contributed by atoms with Crippen molar-refractivity contribution in [1.82, 2.24) is 0 Å². The van der Waals surface area contributed by atoms with Crippen LogP contribution in [0.5, 0.6) is 0 Å². The lowest BCUT2D eigenvalue weighted by molar-refractivity contribution is -0.127. The van der Waals surface area contributed by atoms with Gasteiger partial charge in [-0.1, -0.05) is 136 Å². The molecule has 0 radical (unpaired) electrons. The van der Waals surface area contributed by atoms with Gasteiger partial charge in [0.15, 0.2) is 11.6 Å². The van der Waals surface area contributed by atoms with Gasteiger partial charge in [0.05, 0.1) is 6.10 Å². The minimum absolute atomic E-state index is 0.0749. The Morgan fingerprint density at radius 2 is 1.16 bits per heavy atom. The smallest absolute Gasteiger partial charge is 0.187 e. The van der Waals surface area contributed by atoms with E-state index in [2.05, 4.69) is 39.8 Å². The summed E-state index contributed by atoms with van der Waals surface area (Å²) in [5.41, 5.74) is 4.90. The van der Waals surface area contributed by atoms with Crippen LogP contribution in [0.3, 0.4) is 0 Å². The van der Waals surface area contributed by atoms with E-state index in [0.717, 1.165) is 27.9 Å². The topological polar surface area (TPSA) is 74.6 Å². The van der Waals surface area contributed by atoms with Crippen molar-refractivity contribution in [1.29, 1.82) is 0 Å². The summed E-state index contributed by atoms with van der Waals surface area (Å²) in [6.45, 7) is 20.1. The first-order chi connectivity index (χ1) is 20.4. The van der Waals surface area contributed by atoms with Gasteiger partial charge in [-0.2, -0.15) is 0 Å².